The lowest BCUT2D eigenvalue weighted by molar-refractivity contribution is -0.00297. The number of ether oxygens (including phenoxy) is 1. The zero-order valence-electron chi connectivity index (χ0n) is 12.1. The highest BCUT2D eigenvalue weighted by molar-refractivity contribution is 5.99. The van der Waals surface area contributed by atoms with Crippen LogP contribution in [0.5, 0.6) is 5.75 Å². The summed E-state index contributed by atoms with van der Waals surface area (Å²) in [6, 6.07) is 4.98. The molecule has 1 aromatic rings. The molecular formula is C14H22N2O3. The van der Waals surface area contributed by atoms with Crippen molar-refractivity contribution < 1.29 is 14.6 Å². The van der Waals surface area contributed by atoms with E-state index in [2.05, 4.69) is 5.32 Å². The second-order valence-corrected chi connectivity index (χ2v) is 5.57. The van der Waals surface area contributed by atoms with E-state index in [4.69, 9.17) is 10.5 Å². The number of para-hydroxylation sites is 1. The van der Waals surface area contributed by atoms with Gasteiger partial charge in [-0.25, -0.2) is 0 Å². The van der Waals surface area contributed by atoms with Gasteiger partial charge in [0, 0.05) is 0 Å². The lowest BCUT2D eigenvalue weighted by Crippen LogP contribution is -2.57. The van der Waals surface area contributed by atoms with Crippen molar-refractivity contribution in [1.82, 2.24) is 5.32 Å². The standard InChI is InChI=1S/C14H22N2O3/c1-13(2,14(3,4)18)16-12(17)9-7-6-8-10(15)11(9)19-5/h6-8,18H,15H2,1-5H3,(H,16,17). The van der Waals surface area contributed by atoms with Crippen molar-refractivity contribution in [1.29, 1.82) is 0 Å². The number of rotatable bonds is 4. The SMILES string of the molecule is COc1c(N)cccc1C(=O)NC(C)(C)C(C)(C)O. The number of nitrogen functional groups attached to an aromatic ring is 1. The van der Waals surface area contributed by atoms with Crippen molar-refractivity contribution in [3.63, 3.8) is 0 Å². The Balaban J connectivity index is 3.07. The molecule has 0 fully saturated rings. The fourth-order valence-electron chi connectivity index (χ4n) is 1.47. The van der Waals surface area contributed by atoms with E-state index >= 15 is 0 Å². The Hall–Kier alpha value is -1.75. The van der Waals surface area contributed by atoms with Gasteiger partial charge in [0.05, 0.1) is 29.5 Å². The highest BCUT2D eigenvalue weighted by Crippen LogP contribution is 2.27. The Morgan fingerprint density at radius 3 is 2.37 bits per heavy atom. The van der Waals surface area contributed by atoms with Crippen molar-refractivity contribution in [3.8, 4) is 5.75 Å². The first-order valence-electron chi connectivity index (χ1n) is 6.07. The normalized spacial score (nSPS) is 12.1. The summed E-state index contributed by atoms with van der Waals surface area (Å²) in [7, 11) is 1.46. The van der Waals surface area contributed by atoms with Crippen LogP contribution in [-0.4, -0.2) is 29.3 Å². The third-order valence-electron chi connectivity index (χ3n) is 3.45. The van der Waals surface area contributed by atoms with Gasteiger partial charge in [-0.2, -0.15) is 0 Å². The average molecular weight is 266 g/mol. The molecular weight excluding hydrogens is 244 g/mol. The largest absolute Gasteiger partial charge is 0.494 e. The number of carbonyl (C=O) groups is 1. The zero-order valence-corrected chi connectivity index (χ0v) is 12.1. The number of benzene rings is 1. The molecule has 0 aromatic heterocycles. The van der Waals surface area contributed by atoms with Crippen LogP contribution in [0.1, 0.15) is 38.1 Å². The molecule has 19 heavy (non-hydrogen) atoms. The number of hydrogen-bond acceptors (Lipinski definition) is 4. The molecule has 5 nitrogen and oxygen atoms in total. The maximum absolute atomic E-state index is 12.3. The van der Waals surface area contributed by atoms with Crippen LogP contribution in [0.2, 0.25) is 0 Å². The van der Waals surface area contributed by atoms with E-state index in [0.717, 1.165) is 0 Å². The fraction of sp³-hybridized carbons (Fsp3) is 0.500. The van der Waals surface area contributed by atoms with Gasteiger partial charge < -0.3 is 20.9 Å². The molecule has 0 unspecified atom stereocenters. The predicted octanol–water partition coefficient (Wildman–Crippen LogP) is 1.56. The monoisotopic (exact) mass is 266 g/mol. The van der Waals surface area contributed by atoms with Gasteiger partial charge in [0.25, 0.3) is 5.91 Å². The van der Waals surface area contributed by atoms with Crippen LogP contribution in [0.25, 0.3) is 0 Å². The van der Waals surface area contributed by atoms with Crippen molar-refractivity contribution in [2.75, 3.05) is 12.8 Å². The lowest BCUT2D eigenvalue weighted by Gasteiger charge is -2.38. The summed E-state index contributed by atoms with van der Waals surface area (Å²) in [4.78, 5) is 12.3. The molecule has 0 saturated carbocycles. The zero-order chi connectivity index (χ0) is 14.8. The van der Waals surface area contributed by atoms with Crippen molar-refractivity contribution in [2.45, 2.75) is 38.8 Å². The smallest absolute Gasteiger partial charge is 0.255 e. The topological polar surface area (TPSA) is 84.6 Å². The Morgan fingerprint density at radius 2 is 1.89 bits per heavy atom. The van der Waals surface area contributed by atoms with Gasteiger partial charge in [-0.05, 0) is 39.8 Å². The van der Waals surface area contributed by atoms with Crippen LogP contribution in [0, 0.1) is 0 Å². The van der Waals surface area contributed by atoms with Crippen LogP contribution in [0.4, 0.5) is 5.69 Å². The Kier molecular flexibility index (Phi) is 4.10. The second-order valence-electron chi connectivity index (χ2n) is 5.57. The number of methoxy groups -OCH3 is 1. The number of amides is 1. The van der Waals surface area contributed by atoms with Gasteiger partial charge in [-0.15, -0.1) is 0 Å². The molecule has 0 aliphatic carbocycles. The van der Waals surface area contributed by atoms with Crippen LogP contribution in [0.15, 0.2) is 18.2 Å². The van der Waals surface area contributed by atoms with Crippen LogP contribution >= 0.6 is 0 Å². The third kappa shape index (κ3) is 3.17. The Morgan fingerprint density at radius 1 is 1.32 bits per heavy atom. The molecule has 4 N–H and O–H groups in total. The number of carbonyl (C=O) groups excluding carboxylic acids is 1. The summed E-state index contributed by atoms with van der Waals surface area (Å²) in [5, 5.41) is 12.8. The molecule has 0 aliphatic heterocycles. The van der Waals surface area contributed by atoms with E-state index in [1.54, 1.807) is 45.9 Å². The van der Waals surface area contributed by atoms with Gasteiger partial charge in [0.15, 0.2) is 5.75 Å². The maximum Gasteiger partial charge on any atom is 0.255 e. The van der Waals surface area contributed by atoms with Crippen molar-refractivity contribution in [2.24, 2.45) is 0 Å². The predicted molar refractivity (Wildman–Crippen MR) is 75.2 cm³/mol. The molecule has 0 aliphatic rings. The van der Waals surface area contributed by atoms with Crippen LogP contribution in [-0.2, 0) is 0 Å². The number of nitrogens with one attached hydrogen (secondary N) is 1. The number of aliphatic hydroxyl groups is 1. The third-order valence-corrected chi connectivity index (χ3v) is 3.45. The van der Waals surface area contributed by atoms with Gasteiger partial charge in [0.1, 0.15) is 0 Å². The first kappa shape index (κ1) is 15.3. The fourth-order valence-corrected chi connectivity index (χ4v) is 1.47. The van der Waals surface area contributed by atoms with Crippen LogP contribution in [0.3, 0.4) is 0 Å². The average Bonchev–Trinajstić information content (AvgIpc) is 2.26. The van der Waals surface area contributed by atoms with Gasteiger partial charge in [-0.3, -0.25) is 4.79 Å². The molecule has 0 heterocycles. The molecule has 0 atom stereocenters. The molecule has 0 radical (unpaired) electrons. The highest BCUT2D eigenvalue weighted by Gasteiger charge is 2.37. The van der Waals surface area contributed by atoms with E-state index in [0.29, 0.717) is 17.0 Å². The first-order valence-corrected chi connectivity index (χ1v) is 6.07. The maximum atomic E-state index is 12.3. The van der Waals surface area contributed by atoms with Crippen molar-refractivity contribution >= 4 is 11.6 Å². The molecule has 1 amide bonds. The summed E-state index contributed by atoms with van der Waals surface area (Å²) in [5.41, 5.74) is 4.66. The van der Waals surface area contributed by atoms with Gasteiger partial charge >= 0.3 is 0 Å². The Labute approximate surface area is 113 Å². The van der Waals surface area contributed by atoms with E-state index in [1.165, 1.54) is 7.11 Å². The molecule has 5 heteroatoms. The highest BCUT2D eigenvalue weighted by atomic mass is 16.5. The van der Waals surface area contributed by atoms with Gasteiger partial charge in [0.2, 0.25) is 0 Å². The summed E-state index contributed by atoms with van der Waals surface area (Å²) in [6.07, 6.45) is 0. The minimum atomic E-state index is -1.06. The van der Waals surface area contributed by atoms with E-state index in [9.17, 15) is 9.90 Å². The number of nitrogens with two attached hydrogens (primary N) is 1. The molecule has 0 saturated heterocycles. The minimum Gasteiger partial charge on any atom is -0.494 e. The summed E-state index contributed by atoms with van der Waals surface area (Å²) in [6.45, 7) is 6.79. The summed E-state index contributed by atoms with van der Waals surface area (Å²) in [5.74, 6) is 0.00261. The minimum absolute atomic E-state index is 0.337. The van der Waals surface area contributed by atoms with Gasteiger partial charge in [-0.1, -0.05) is 6.07 Å². The number of hydrogen-bond donors (Lipinski definition) is 3. The lowest BCUT2D eigenvalue weighted by atomic mass is 9.85. The van der Waals surface area contributed by atoms with Crippen molar-refractivity contribution in [3.05, 3.63) is 23.8 Å². The molecule has 1 rings (SSSR count). The number of anilines is 1. The Bertz CT molecular complexity index is 476. The van der Waals surface area contributed by atoms with E-state index in [1.807, 2.05) is 0 Å². The summed E-state index contributed by atoms with van der Waals surface area (Å²) < 4.78 is 5.15. The molecule has 1 aromatic carbocycles. The molecule has 106 valence electrons. The van der Waals surface area contributed by atoms with E-state index < -0.39 is 11.1 Å². The molecule has 0 bridgehead atoms. The summed E-state index contributed by atoms with van der Waals surface area (Å²) >= 11 is 0. The molecule has 0 spiro atoms. The second kappa shape index (κ2) is 5.09. The first-order chi connectivity index (χ1) is 8.60. The van der Waals surface area contributed by atoms with E-state index in [-0.39, 0.29) is 5.91 Å². The van der Waals surface area contributed by atoms with Crippen LogP contribution < -0.4 is 15.8 Å². The quantitative estimate of drug-likeness (QED) is 0.722.